The van der Waals surface area contributed by atoms with Gasteiger partial charge in [-0.25, -0.2) is 0 Å². The smallest absolute Gasteiger partial charge is 0.162 e. The minimum atomic E-state index is 0.124. The maximum Gasteiger partial charge on any atom is 0.162 e. The molecule has 0 spiro atoms. The Bertz CT molecular complexity index is 395. The van der Waals surface area contributed by atoms with Gasteiger partial charge in [0.25, 0.3) is 0 Å². The number of hydrogen-bond acceptors (Lipinski definition) is 2. The number of Topliss-reactive ketones (excluding diaryl/α,β-unsaturated/α-hetero) is 1. The average Bonchev–Trinajstić information content (AvgIpc) is 2.28. The molecule has 0 atom stereocenters. The molecule has 0 heterocycles. The molecule has 1 aromatic rings. The summed E-state index contributed by atoms with van der Waals surface area (Å²) >= 11 is 5.80. The summed E-state index contributed by atoms with van der Waals surface area (Å²) in [6.07, 6.45) is 3.75. The predicted molar refractivity (Wildman–Crippen MR) is 64.5 cm³/mol. The molecule has 0 N–H and O–H groups in total. The van der Waals surface area contributed by atoms with Crippen molar-refractivity contribution in [3.05, 3.63) is 34.9 Å². The molecule has 0 fully saturated rings. The Morgan fingerprint density at radius 3 is 2.81 bits per heavy atom. The molecule has 0 unspecified atom stereocenters. The van der Waals surface area contributed by atoms with Gasteiger partial charge in [-0.2, -0.15) is 5.26 Å². The largest absolute Gasteiger partial charge is 0.294 e. The van der Waals surface area contributed by atoms with Gasteiger partial charge < -0.3 is 0 Å². The van der Waals surface area contributed by atoms with Crippen LogP contribution in [0.15, 0.2) is 24.3 Å². The van der Waals surface area contributed by atoms with Crippen molar-refractivity contribution in [2.24, 2.45) is 0 Å². The van der Waals surface area contributed by atoms with Crippen molar-refractivity contribution in [2.45, 2.75) is 32.1 Å². The topological polar surface area (TPSA) is 40.9 Å². The second kappa shape index (κ2) is 7.03. The van der Waals surface area contributed by atoms with Gasteiger partial charge in [-0.15, -0.1) is 0 Å². The molecule has 1 rings (SSSR count). The van der Waals surface area contributed by atoms with E-state index in [0.717, 1.165) is 19.3 Å². The highest BCUT2D eigenvalue weighted by atomic mass is 35.5. The second-order valence-corrected chi connectivity index (χ2v) is 4.09. The fourth-order valence-corrected chi connectivity index (χ4v) is 1.66. The summed E-state index contributed by atoms with van der Waals surface area (Å²) in [5.74, 6) is 0.124. The van der Waals surface area contributed by atoms with Crippen LogP contribution in [-0.2, 0) is 0 Å². The lowest BCUT2D eigenvalue weighted by molar-refractivity contribution is 0.0979. The minimum absolute atomic E-state index is 0.124. The Morgan fingerprint density at radius 1 is 1.31 bits per heavy atom. The Labute approximate surface area is 101 Å². The fraction of sp³-hybridized carbons (Fsp3) is 0.385. The Hall–Kier alpha value is -1.33. The van der Waals surface area contributed by atoms with Gasteiger partial charge in [0, 0.05) is 23.4 Å². The number of nitriles is 1. The standard InChI is InChI=1S/C13H14ClNO/c14-12-7-5-6-11(10-12)13(16)8-3-1-2-4-9-15/h5-7,10H,1-4,8H2. The van der Waals surface area contributed by atoms with Gasteiger partial charge in [0.15, 0.2) is 5.78 Å². The second-order valence-electron chi connectivity index (χ2n) is 3.65. The molecule has 0 amide bonds. The molecular weight excluding hydrogens is 222 g/mol. The van der Waals surface area contributed by atoms with Crippen LogP contribution in [0.2, 0.25) is 5.02 Å². The third-order valence-corrected chi connectivity index (χ3v) is 2.57. The summed E-state index contributed by atoms with van der Waals surface area (Å²) in [6.45, 7) is 0. The molecule has 0 radical (unpaired) electrons. The molecule has 0 saturated carbocycles. The predicted octanol–water partition coefficient (Wildman–Crippen LogP) is 4.00. The first-order valence-corrected chi connectivity index (χ1v) is 5.77. The summed E-state index contributed by atoms with van der Waals surface area (Å²) in [6, 6.07) is 9.11. The average molecular weight is 236 g/mol. The highest BCUT2D eigenvalue weighted by Gasteiger charge is 2.05. The molecule has 16 heavy (non-hydrogen) atoms. The Kier molecular flexibility index (Phi) is 5.60. The quantitative estimate of drug-likeness (QED) is 0.552. The fourth-order valence-electron chi connectivity index (χ4n) is 1.47. The van der Waals surface area contributed by atoms with Gasteiger partial charge in [-0.3, -0.25) is 4.79 Å². The maximum atomic E-state index is 11.7. The molecular formula is C13H14ClNO. The molecule has 0 saturated heterocycles. The van der Waals surface area contributed by atoms with Crippen LogP contribution in [0.5, 0.6) is 0 Å². The van der Waals surface area contributed by atoms with E-state index in [9.17, 15) is 4.79 Å². The lowest BCUT2D eigenvalue weighted by Crippen LogP contribution is -1.98. The van der Waals surface area contributed by atoms with Gasteiger partial charge in [-0.05, 0) is 25.0 Å². The molecule has 3 heteroatoms. The molecule has 0 aromatic heterocycles. The van der Waals surface area contributed by atoms with Crippen LogP contribution in [0.25, 0.3) is 0 Å². The zero-order valence-corrected chi connectivity index (χ0v) is 9.83. The molecule has 0 aliphatic carbocycles. The molecule has 84 valence electrons. The van der Waals surface area contributed by atoms with E-state index in [2.05, 4.69) is 6.07 Å². The summed E-state index contributed by atoms with van der Waals surface area (Å²) in [5, 5.41) is 8.94. The first-order valence-electron chi connectivity index (χ1n) is 5.40. The van der Waals surface area contributed by atoms with E-state index in [1.807, 2.05) is 0 Å². The number of ketones is 1. The third-order valence-electron chi connectivity index (χ3n) is 2.34. The summed E-state index contributed by atoms with van der Waals surface area (Å²) in [4.78, 5) is 11.7. The van der Waals surface area contributed by atoms with Crippen molar-refractivity contribution >= 4 is 17.4 Å². The summed E-state index contributed by atoms with van der Waals surface area (Å²) in [5.41, 5.74) is 0.674. The van der Waals surface area contributed by atoms with Crippen LogP contribution in [0.4, 0.5) is 0 Å². The van der Waals surface area contributed by atoms with Gasteiger partial charge >= 0.3 is 0 Å². The van der Waals surface area contributed by atoms with Gasteiger partial charge in [-0.1, -0.05) is 30.2 Å². The number of halogens is 1. The third kappa shape index (κ3) is 4.46. The number of nitrogens with zero attached hydrogens (tertiary/aromatic N) is 1. The van der Waals surface area contributed by atoms with E-state index < -0.39 is 0 Å². The Morgan fingerprint density at radius 2 is 2.12 bits per heavy atom. The molecule has 0 aliphatic rings. The number of carbonyl (C=O) groups excluding carboxylic acids is 1. The van der Waals surface area contributed by atoms with Crippen molar-refractivity contribution in [3.63, 3.8) is 0 Å². The summed E-state index contributed by atoms with van der Waals surface area (Å²) in [7, 11) is 0. The van der Waals surface area contributed by atoms with E-state index in [1.54, 1.807) is 24.3 Å². The molecule has 0 aliphatic heterocycles. The highest BCUT2D eigenvalue weighted by Crippen LogP contribution is 2.14. The zero-order chi connectivity index (χ0) is 11.8. The van der Waals surface area contributed by atoms with E-state index in [0.29, 0.717) is 23.4 Å². The zero-order valence-electron chi connectivity index (χ0n) is 9.08. The number of carbonyl (C=O) groups is 1. The van der Waals surface area contributed by atoms with Crippen LogP contribution >= 0.6 is 11.6 Å². The maximum absolute atomic E-state index is 11.7. The highest BCUT2D eigenvalue weighted by molar-refractivity contribution is 6.31. The van der Waals surface area contributed by atoms with Crippen LogP contribution in [-0.4, -0.2) is 5.78 Å². The van der Waals surface area contributed by atoms with Crippen molar-refractivity contribution < 1.29 is 4.79 Å². The van der Waals surface area contributed by atoms with E-state index in [4.69, 9.17) is 16.9 Å². The Balaban J connectivity index is 2.33. The number of rotatable bonds is 6. The van der Waals surface area contributed by atoms with Crippen molar-refractivity contribution in [3.8, 4) is 6.07 Å². The lowest BCUT2D eigenvalue weighted by atomic mass is 10.0. The van der Waals surface area contributed by atoms with E-state index >= 15 is 0 Å². The first kappa shape index (κ1) is 12.7. The van der Waals surface area contributed by atoms with Crippen molar-refractivity contribution in [1.82, 2.24) is 0 Å². The summed E-state index contributed by atoms with van der Waals surface area (Å²) < 4.78 is 0. The molecule has 1 aromatic carbocycles. The van der Waals surface area contributed by atoms with E-state index in [-0.39, 0.29) is 5.78 Å². The number of unbranched alkanes of at least 4 members (excludes halogenated alkanes) is 3. The normalized spacial score (nSPS) is 9.75. The van der Waals surface area contributed by atoms with Crippen molar-refractivity contribution in [2.75, 3.05) is 0 Å². The van der Waals surface area contributed by atoms with Gasteiger partial charge in [0.05, 0.1) is 6.07 Å². The van der Waals surface area contributed by atoms with Crippen molar-refractivity contribution in [1.29, 1.82) is 5.26 Å². The molecule has 0 bridgehead atoms. The minimum Gasteiger partial charge on any atom is -0.294 e. The number of hydrogen-bond donors (Lipinski definition) is 0. The lowest BCUT2D eigenvalue weighted by Gasteiger charge is -2.01. The van der Waals surface area contributed by atoms with Crippen LogP contribution in [0.3, 0.4) is 0 Å². The monoisotopic (exact) mass is 235 g/mol. The van der Waals surface area contributed by atoms with Crippen LogP contribution in [0, 0.1) is 11.3 Å². The molecule has 2 nitrogen and oxygen atoms in total. The van der Waals surface area contributed by atoms with Gasteiger partial charge in [0.2, 0.25) is 0 Å². The van der Waals surface area contributed by atoms with Gasteiger partial charge in [0.1, 0.15) is 0 Å². The van der Waals surface area contributed by atoms with Crippen LogP contribution < -0.4 is 0 Å². The number of benzene rings is 1. The van der Waals surface area contributed by atoms with E-state index in [1.165, 1.54) is 0 Å². The van der Waals surface area contributed by atoms with Crippen LogP contribution in [0.1, 0.15) is 42.5 Å². The SMILES string of the molecule is N#CCCCCCC(=O)c1cccc(Cl)c1. The first-order chi connectivity index (χ1) is 7.74.